The van der Waals surface area contributed by atoms with Crippen LogP contribution in [0.25, 0.3) is 16.9 Å². The van der Waals surface area contributed by atoms with Gasteiger partial charge in [-0.15, -0.1) is 0 Å². The summed E-state index contributed by atoms with van der Waals surface area (Å²) in [5, 5.41) is 3.95. The minimum absolute atomic E-state index is 0.0182. The lowest BCUT2D eigenvalue weighted by molar-refractivity contribution is -0.0693. The van der Waals surface area contributed by atoms with Crippen molar-refractivity contribution in [1.29, 1.82) is 0 Å². The second-order valence-corrected chi connectivity index (χ2v) is 12.3. The van der Waals surface area contributed by atoms with Gasteiger partial charge < -0.3 is 4.57 Å². The summed E-state index contributed by atoms with van der Waals surface area (Å²) in [5.41, 5.74) is -0.264. The van der Waals surface area contributed by atoms with E-state index in [0.29, 0.717) is 29.6 Å². The first-order chi connectivity index (χ1) is 18.5. The number of fused-ring (bicyclic) bond motifs is 5. The Hall–Kier alpha value is -3.07. The highest BCUT2D eigenvalue weighted by atomic mass is 16.2. The van der Waals surface area contributed by atoms with Gasteiger partial charge in [0.1, 0.15) is 6.20 Å². The molecule has 3 aromatic rings. The zero-order valence-corrected chi connectivity index (χ0v) is 22.0. The van der Waals surface area contributed by atoms with E-state index in [1.165, 1.54) is 51.4 Å². The van der Waals surface area contributed by atoms with Gasteiger partial charge in [-0.3, -0.25) is 19.5 Å². The van der Waals surface area contributed by atoms with Crippen LogP contribution in [0.1, 0.15) is 77.2 Å². The van der Waals surface area contributed by atoms with E-state index in [-0.39, 0.29) is 17.4 Å². The monoisotopic (exact) mass is 516 g/mol. The minimum atomic E-state index is -0.757. The van der Waals surface area contributed by atoms with Gasteiger partial charge in [0.15, 0.2) is 0 Å². The van der Waals surface area contributed by atoms with E-state index >= 15 is 0 Å². The van der Waals surface area contributed by atoms with E-state index in [9.17, 15) is 14.4 Å². The third kappa shape index (κ3) is 3.97. The lowest BCUT2D eigenvalue weighted by Gasteiger charge is -2.57. The lowest BCUT2D eigenvalue weighted by Crippen LogP contribution is -2.61. The summed E-state index contributed by atoms with van der Waals surface area (Å²) in [4.78, 5) is 47.9. The Morgan fingerprint density at radius 2 is 1.66 bits per heavy atom. The molecule has 0 radical (unpaired) electrons. The van der Waals surface area contributed by atoms with Crippen molar-refractivity contribution in [2.45, 2.75) is 95.3 Å². The van der Waals surface area contributed by atoms with Crippen molar-refractivity contribution in [3.63, 3.8) is 0 Å². The lowest BCUT2D eigenvalue weighted by atomic mass is 9.67. The molecule has 2 aliphatic heterocycles. The predicted molar refractivity (Wildman–Crippen MR) is 145 cm³/mol. The second-order valence-electron chi connectivity index (χ2n) is 12.3. The predicted octanol–water partition coefficient (Wildman–Crippen LogP) is 3.40. The summed E-state index contributed by atoms with van der Waals surface area (Å²) in [6, 6.07) is 9.24. The van der Waals surface area contributed by atoms with Gasteiger partial charge in [0.05, 0.1) is 11.0 Å². The molecule has 1 unspecified atom stereocenters. The van der Waals surface area contributed by atoms with Gasteiger partial charge >= 0.3 is 5.69 Å². The SMILES string of the molecule is C[C@H]1CC[C@@H]2C[C@H](n3c(=O)c(-n4ncc(=O)[nH]c4=O)nc4ccccc43)C[C@H]1N2C1C[C@H]2CCC[C@@H](C1)C2. The third-order valence-electron chi connectivity index (χ3n) is 10.1. The van der Waals surface area contributed by atoms with Crippen molar-refractivity contribution in [3.8, 4) is 5.82 Å². The molecule has 4 fully saturated rings. The highest BCUT2D eigenvalue weighted by molar-refractivity contribution is 5.75. The van der Waals surface area contributed by atoms with Crippen LogP contribution in [-0.2, 0) is 0 Å². The van der Waals surface area contributed by atoms with Crippen LogP contribution < -0.4 is 16.8 Å². The number of hydrogen-bond donors (Lipinski definition) is 1. The van der Waals surface area contributed by atoms with E-state index in [2.05, 4.69) is 26.9 Å². The van der Waals surface area contributed by atoms with Crippen molar-refractivity contribution in [2.24, 2.45) is 17.8 Å². The Kier molecular flexibility index (Phi) is 5.87. The average Bonchev–Trinajstić information content (AvgIpc) is 2.90. The van der Waals surface area contributed by atoms with Crippen molar-refractivity contribution < 1.29 is 0 Å². The Labute approximate surface area is 220 Å². The van der Waals surface area contributed by atoms with Gasteiger partial charge in [-0.05, 0) is 74.8 Å². The maximum atomic E-state index is 14.0. The largest absolute Gasteiger partial charge is 0.351 e. The molecule has 4 heterocycles. The molecular weight excluding hydrogens is 480 g/mol. The molecule has 7 rings (SSSR count). The summed E-state index contributed by atoms with van der Waals surface area (Å²) in [6.07, 6.45) is 13.6. The molecule has 0 amide bonds. The van der Waals surface area contributed by atoms with Crippen molar-refractivity contribution >= 4 is 11.0 Å². The molecule has 9 heteroatoms. The molecule has 9 nitrogen and oxygen atoms in total. The van der Waals surface area contributed by atoms with E-state index in [0.717, 1.165) is 41.1 Å². The molecule has 2 aliphatic carbocycles. The Bertz CT molecular complexity index is 1530. The van der Waals surface area contributed by atoms with E-state index in [1.54, 1.807) is 0 Å². The smallest absolute Gasteiger partial charge is 0.300 e. The molecule has 2 aromatic heterocycles. The molecule has 38 heavy (non-hydrogen) atoms. The molecule has 4 aliphatic rings. The zero-order valence-electron chi connectivity index (χ0n) is 22.0. The van der Waals surface area contributed by atoms with Crippen LogP contribution in [0.5, 0.6) is 0 Å². The Balaban J connectivity index is 1.30. The molecular formula is C29H36N6O3. The van der Waals surface area contributed by atoms with E-state index < -0.39 is 11.2 Å². The number of H-pyrrole nitrogens is 1. The minimum Gasteiger partial charge on any atom is -0.300 e. The molecule has 1 aromatic carbocycles. The molecule has 1 N–H and O–H groups in total. The maximum absolute atomic E-state index is 14.0. The summed E-state index contributed by atoms with van der Waals surface area (Å²) >= 11 is 0. The highest BCUT2D eigenvalue weighted by Crippen LogP contribution is 2.48. The molecule has 0 spiro atoms. The van der Waals surface area contributed by atoms with Gasteiger partial charge in [0, 0.05) is 24.2 Å². The molecule has 4 bridgehead atoms. The summed E-state index contributed by atoms with van der Waals surface area (Å²) < 4.78 is 2.80. The van der Waals surface area contributed by atoms with Crippen molar-refractivity contribution in [3.05, 3.63) is 61.7 Å². The average molecular weight is 517 g/mol. The number of nitrogens with one attached hydrogen (secondary N) is 1. The first-order valence-electron chi connectivity index (χ1n) is 14.4. The van der Waals surface area contributed by atoms with Crippen LogP contribution >= 0.6 is 0 Å². The van der Waals surface area contributed by atoms with Crippen LogP contribution in [0.15, 0.2) is 44.8 Å². The van der Waals surface area contributed by atoms with E-state index in [1.807, 2.05) is 28.8 Å². The van der Waals surface area contributed by atoms with Gasteiger partial charge in [-0.2, -0.15) is 9.78 Å². The fraction of sp³-hybridized carbons (Fsp3) is 0.621. The van der Waals surface area contributed by atoms with Gasteiger partial charge in [0.25, 0.3) is 11.1 Å². The standard InChI is InChI=1S/C29H36N6O3/c1-17-9-10-20-14-22(15-25(17)33(20)21-12-18-5-4-6-19(11-18)13-21)34-24-8-3-2-7-23(24)31-27(28(34)37)35-29(38)32-26(36)16-30-35/h2-3,7-8,16-22,25H,4-6,9-15H2,1H3,(H,32,36,38)/t17-,18-,19+,20+,21?,22-,25+/m0/s1. The number of aromatic nitrogens is 5. The van der Waals surface area contributed by atoms with Crippen LogP contribution in [0, 0.1) is 17.8 Å². The Morgan fingerprint density at radius 3 is 2.45 bits per heavy atom. The van der Waals surface area contributed by atoms with Crippen LogP contribution in [0.4, 0.5) is 0 Å². The number of hydrogen-bond acceptors (Lipinski definition) is 6. The summed E-state index contributed by atoms with van der Waals surface area (Å²) in [7, 11) is 0. The highest BCUT2D eigenvalue weighted by Gasteiger charge is 2.47. The molecule has 7 atom stereocenters. The topological polar surface area (TPSA) is 106 Å². The second kappa shape index (κ2) is 9.29. The maximum Gasteiger partial charge on any atom is 0.351 e. The normalized spacial score (nSPS) is 33.3. The first kappa shape index (κ1) is 24.0. The quantitative estimate of drug-likeness (QED) is 0.572. The fourth-order valence-electron chi connectivity index (χ4n) is 8.51. The third-order valence-corrected chi connectivity index (χ3v) is 10.1. The van der Waals surface area contributed by atoms with Crippen molar-refractivity contribution in [1.82, 2.24) is 29.2 Å². The fourth-order valence-corrected chi connectivity index (χ4v) is 8.51. The van der Waals surface area contributed by atoms with Gasteiger partial charge in [-0.1, -0.05) is 38.3 Å². The number of para-hydroxylation sites is 2. The van der Waals surface area contributed by atoms with Gasteiger partial charge in [-0.25, -0.2) is 9.78 Å². The van der Waals surface area contributed by atoms with Crippen LogP contribution in [-0.4, -0.2) is 47.3 Å². The summed E-state index contributed by atoms with van der Waals surface area (Å²) in [5.74, 6) is 2.30. The van der Waals surface area contributed by atoms with Crippen LogP contribution in [0.3, 0.4) is 0 Å². The number of benzene rings is 1. The molecule has 200 valence electrons. The van der Waals surface area contributed by atoms with Gasteiger partial charge in [0.2, 0.25) is 5.82 Å². The van der Waals surface area contributed by atoms with Crippen molar-refractivity contribution in [2.75, 3.05) is 0 Å². The van der Waals surface area contributed by atoms with E-state index in [4.69, 9.17) is 0 Å². The number of nitrogens with zero attached hydrogens (tertiary/aromatic N) is 5. The number of rotatable bonds is 3. The Morgan fingerprint density at radius 1 is 0.868 bits per heavy atom. The molecule has 2 saturated heterocycles. The molecule has 2 saturated carbocycles. The van der Waals surface area contributed by atoms with Crippen LogP contribution in [0.2, 0.25) is 0 Å². The number of piperidine rings is 2. The first-order valence-corrected chi connectivity index (χ1v) is 14.4. The zero-order chi connectivity index (χ0) is 26.0. The summed E-state index contributed by atoms with van der Waals surface area (Å²) in [6.45, 7) is 2.39. The number of aromatic amines is 1.